The molecule has 124 valence electrons. The standard InChI is InChI=1S/C16H22N4O3/c1-10-14(9-19-20-10)12-4-3-5-13(8-12)23-7-6-18-16(22)15(17)11(2)21/h3-5,8-9,11,15,21H,6-7,17H2,1-2H3,(H,18,22)(H,19,20)/t11-,15+/m1/s1. The topological polar surface area (TPSA) is 113 Å². The predicted octanol–water partition coefficient (Wildman–Crippen LogP) is 0.588. The number of nitrogens with two attached hydrogens (primary N) is 1. The molecular formula is C16H22N4O3. The average molecular weight is 318 g/mol. The molecule has 23 heavy (non-hydrogen) atoms. The highest BCUT2D eigenvalue weighted by Crippen LogP contribution is 2.25. The third-order valence-electron chi connectivity index (χ3n) is 3.47. The molecular weight excluding hydrogens is 296 g/mol. The number of nitrogens with zero attached hydrogens (tertiary/aromatic N) is 1. The molecule has 0 saturated heterocycles. The van der Waals surface area contributed by atoms with Gasteiger partial charge in [-0.2, -0.15) is 5.10 Å². The highest BCUT2D eigenvalue weighted by molar-refractivity contribution is 5.82. The fourth-order valence-electron chi connectivity index (χ4n) is 2.08. The Bertz CT molecular complexity index is 654. The van der Waals surface area contributed by atoms with E-state index in [0.29, 0.717) is 18.9 Å². The first-order chi connectivity index (χ1) is 11.0. The highest BCUT2D eigenvalue weighted by atomic mass is 16.5. The number of amides is 1. The predicted molar refractivity (Wildman–Crippen MR) is 86.9 cm³/mol. The number of aromatic amines is 1. The van der Waals surface area contributed by atoms with Crippen molar-refractivity contribution >= 4 is 5.91 Å². The van der Waals surface area contributed by atoms with E-state index in [0.717, 1.165) is 16.8 Å². The molecule has 7 nitrogen and oxygen atoms in total. The maximum absolute atomic E-state index is 11.6. The highest BCUT2D eigenvalue weighted by Gasteiger charge is 2.17. The Balaban J connectivity index is 1.85. The van der Waals surface area contributed by atoms with E-state index in [2.05, 4.69) is 15.5 Å². The first-order valence-electron chi connectivity index (χ1n) is 7.43. The number of hydrogen-bond acceptors (Lipinski definition) is 5. The Morgan fingerprint density at radius 1 is 1.52 bits per heavy atom. The lowest BCUT2D eigenvalue weighted by atomic mass is 10.1. The molecule has 0 unspecified atom stereocenters. The fourth-order valence-corrected chi connectivity index (χ4v) is 2.08. The minimum Gasteiger partial charge on any atom is -0.492 e. The van der Waals surface area contributed by atoms with Gasteiger partial charge in [0.1, 0.15) is 18.4 Å². The molecule has 1 aromatic heterocycles. The van der Waals surface area contributed by atoms with E-state index in [4.69, 9.17) is 10.5 Å². The van der Waals surface area contributed by atoms with Crippen LogP contribution in [-0.4, -0.2) is 46.5 Å². The SMILES string of the molecule is Cc1[nH]ncc1-c1cccc(OCCNC(=O)[C@@H](N)[C@@H](C)O)c1. The summed E-state index contributed by atoms with van der Waals surface area (Å²) in [4.78, 5) is 11.6. The number of aromatic nitrogens is 2. The normalized spacial score (nSPS) is 13.4. The van der Waals surface area contributed by atoms with E-state index in [9.17, 15) is 9.90 Å². The first kappa shape index (κ1) is 17.0. The number of nitrogens with one attached hydrogen (secondary N) is 2. The Labute approximate surface area is 134 Å². The molecule has 7 heteroatoms. The van der Waals surface area contributed by atoms with Crippen LogP contribution in [0.1, 0.15) is 12.6 Å². The van der Waals surface area contributed by atoms with Crippen molar-refractivity contribution in [2.45, 2.75) is 26.0 Å². The summed E-state index contributed by atoms with van der Waals surface area (Å²) in [7, 11) is 0. The second-order valence-corrected chi connectivity index (χ2v) is 5.34. The molecule has 0 saturated carbocycles. The molecule has 2 atom stereocenters. The van der Waals surface area contributed by atoms with Gasteiger partial charge in [-0.05, 0) is 31.5 Å². The Hall–Kier alpha value is -2.38. The lowest BCUT2D eigenvalue weighted by Gasteiger charge is -2.14. The molecule has 0 aliphatic rings. The molecule has 0 fully saturated rings. The summed E-state index contributed by atoms with van der Waals surface area (Å²) < 4.78 is 5.63. The Kier molecular flexibility index (Phi) is 5.72. The van der Waals surface area contributed by atoms with Crippen LogP contribution in [0.4, 0.5) is 0 Å². The van der Waals surface area contributed by atoms with Gasteiger partial charge in [-0.15, -0.1) is 0 Å². The number of aliphatic hydroxyl groups is 1. The van der Waals surface area contributed by atoms with Gasteiger partial charge in [-0.3, -0.25) is 9.89 Å². The number of carbonyl (C=O) groups excluding carboxylic acids is 1. The fraction of sp³-hybridized carbons (Fsp3) is 0.375. The van der Waals surface area contributed by atoms with Gasteiger partial charge >= 0.3 is 0 Å². The lowest BCUT2D eigenvalue weighted by molar-refractivity contribution is -0.124. The molecule has 2 aromatic rings. The summed E-state index contributed by atoms with van der Waals surface area (Å²) in [5, 5.41) is 18.8. The molecule has 0 bridgehead atoms. The van der Waals surface area contributed by atoms with Gasteiger partial charge in [0.25, 0.3) is 0 Å². The van der Waals surface area contributed by atoms with Crippen LogP contribution in [0.3, 0.4) is 0 Å². The number of hydrogen-bond donors (Lipinski definition) is 4. The van der Waals surface area contributed by atoms with E-state index in [1.165, 1.54) is 6.92 Å². The van der Waals surface area contributed by atoms with Gasteiger partial charge in [0.05, 0.1) is 18.8 Å². The van der Waals surface area contributed by atoms with Gasteiger partial charge in [0.2, 0.25) is 5.91 Å². The monoisotopic (exact) mass is 318 g/mol. The molecule has 2 rings (SSSR count). The molecule has 1 amide bonds. The van der Waals surface area contributed by atoms with Crippen LogP contribution in [0.15, 0.2) is 30.5 Å². The molecule has 0 aliphatic heterocycles. The minimum absolute atomic E-state index is 0.312. The Morgan fingerprint density at radius 2 is 2.30 bits per heavy atom. The van der Waals surface area contributed by atoms with Crippen molar-refractivity contribution in [2.75, 3.05) is 13.2 Å². The summed E-state index contributed by atoms with van der Waals surface area (Å²) in [6.07, 6.45) is 0.886. The van der Waals surface area contributed by atoms with E-state index in [-0.39, 0.29) is 0 Å². The second kappa shape index (κ2) is 7.75. The van der Waals surface area contributed by atoms with Crippen LogP contribution in [-0.2, 0) is 4.79 Å². The smallest absolute Gasteiger partial charge is 0.239 e. The number of aryl methyl sites for hydroxylation is 1. The molecule has 1 aromatic carbocycles. The van der Waals surface area contributed by atoms with Crippen molar-refractivity contribution in [2.24, 2.45) is 5.73 Å². The van der Waals surface area contributed by atoms with Gasteiger partial charge in [-0.25, -0.2) is 0 Å². The van der Waals surface area contributed by atoms with Crippen LogP contribution in [0, 0.1) is 6.92 Å². The van der Waals surface area contributed by atoms with Crippen molar-refractivity contribution < 1.29 is 14.6 Å². The average Bonchev–Trinajstić information content (AvgIpc) is 2.97. The van der Waals surface area contributed by atoms with E-state index >= 15 is 0 Å². The molecule has 1 heterocycles. The van der Waals surface area contributed by atoms with Gasteiger partial charge in [-0.1, -0.05) is 12.1 Å². The van der Waals surface area contributed by atoms with Crippen molar-refractivity contribution in [1.82, 2.24) is 15.5 Å². The van der Waals surface area contributed by atoms with Crippen molar-refractivity contribution in [3.05, 3.63) is 36.2 Å². The molecule has 5 N–H and O–H groups in total. The third kappa shape index (κ3) is 4.54. The van der Waals surface area contributed by atoms with E-state index < -0.39 is 18.1 Å². The summed E-state index contributed by atoms with van der Waals surface area (Å²) in [5.74, 6) is 0.309. The van der Waals surface area contributed by atoms with Crippen LogP contribution < -0.4 is 15.8 Å². The largest absolute Gasteiger partial charge is 0.492 e. The number of rotatable bonds is 7. The number of aliphatic hydroxyl groups excluding tert-OH is 1. The second-order valence-electron chi connectivity index (χ2n) is 5.34. The van der Waals surface area contributed by atoms with E-state index in [1.54, 1.807) is 6.20 Å². The minimum atomic E-state index is -0.928. The quantitative estimate of drug-likeness (QED) is 0.558. The van der Waals surface area contributed by atoms with Crippen molar-refractivity contribution in [1.29, 1.82) is 0 Å². The van der Waals surface area contributed by atoms with Gasteiger partial charge in [0.15, 0.2) is 0 Å². The summed E-state index contributed by atoms with van der Waals surface area (Å²) in [6.45, 7) is 4.06. The zero-order valence-electron chi connectivity index (χ0n) is 13.2. The van der Waals surface area contributed by atoms with Crippen LogP contribution >= 0.6 is 0 Å². The van der Waals surface area contributed by atoms with Gasteiger partial charge in [0, 0.05) is 11.3 Å². The molecule has 0 aliphatic carbocycles. The number of ether oxygens (including phenoxy) is 1. The number of carbonyl (C=O) groups is 1. The van der Waals surface area contributed by atoms with Crippen LogP contribution in [0.2, 0.25) is 0 Å². The summed E-state index contributed by atoms with van der Waals surface area (Å²) in [6, 6.07) is 6.72. The molecule has 0 radical (unpaired) electrons. The van der Waals surface area contributed by atoms with Crippen LogP contribution in [0.5, 0.6) is 5.75 Å². The zero-order chi connectivity index (χ0) is 16.8. The Morgan fingerprint density at radius 3 is 2.96 bits per heavy atom. The molecule has 0 spiro atoms. The zero-order valence-corrected chi connectivity index (χ0v) is 13.2. The van der Waals surface area contributed by atoms with Crippen LogP contribution in [0.25, 0.3) is 11.1 Å². The summed E-state index contributed by atoms with van der Waals surface area (Å²) >= 11 is 0. The maximum atomic E-state index is 11.6. The third-order valence-corrected chi connectivity index (χ3v) is 3.47. The van der Waals surface area contributed by atoms with Crippen molar-refractivity contribution in [3.63, 3.8) is 0 Å². The number of benzene rings is 1. The maximum Gasteiger partial charge on any atom is 0.239 e. The van der Waals surface area contributed by atoms with E-state index in [1.807, 2.05) is 31.2 Å². The van der Waals surface area contributed by atoms with Gasteiger partial charge < -0.3 is 20.9 Å². The first-order valence-corrected chi connectivity index (χ1v) is 7.43. The number of H-pyrrole nitrogens is 1. The lowest BCUT2D eigenvalue weighted by Crippen LogP contribution is -2.48. The summed E-state index contributed by atoms with van der Waals surface area (Å²) in [5.41, 5.74) is 8.55. The van der Waals surface area contributed by atoms with Crippen molar-refractivity contribution in [3.8, 4) is 16.9 Å².